The van der Waals surface area contributed by atoms with E-state index in [4.69, 9.17) is 9.47 Å². The van der Waals surface area contributed by atoms with Crippen LogP contribution in [0.25, 0.3) is 0 Å². The first kappa shape index (κ1) is 43.1. The van der Waals surface area contributed by atoms with Crippen molar-refractivity contribution in [3.63, 3.8) is 0 Å². The fraction of sp³-hybridized carbons (Fsp3) is 0.757. The van der Waals surface area contributed by atoms with E-state index in [9.17, 15) is 19.2 Å². The summed E-state index contributed by atoms with van der Waals surface area (Å²) in [6.07, 6.45) is 22.1. The Labute approximate surface area is 296 Å². The molecule has 0 spiro atoms. The summed E-state index contributed by atoms with van der Waals surface area (Å²) in [5, 5.41) is 2.81. The van der Waals surface area contributed by atoms with Crippen molar-refractivity contribution in [2.45, 2.75) is 162 Å². The number of rotatable bonds is 24. The summed E-state index contributed by atoms with van der Waals surface area (Å²) in [6, 6.07) is 5.01. The Bertz CT molecular complexity index is 1070. The van der Waals surface area contributed by atoms with Crippen LogP contribution in [0.2, 0.25) is 0 Å². The molecule has 274 valence electrons. The van der Waals surface area contributed by atoms with Crippen LogP contribution in [0.4, 0.5) is 9.59 Å². The van der Waals surface area contributed by atoms with Crippen LogP contribution >= 0.6 is 0 Å². The van der Waals surface area contributed by atoms with Gasteiger partial charge in [-0.25, -0.2) is 19.1 Å². The molecule has 1 aliphatic heterocycles. The third kappa shape index (κ3) is 17.0. The first-order valence-corrected chi connectivity index (χ1v) is 18.4. The topological polar surface area (TPSA) is 109 Å². The molecule has 4 amide bonds. The molecule has 1 saturated heterocycles. The molecule has 1 N–H and O–H groups in total. The molecule has 2 rings (SSSR count). The van der Waals surface area contributed by atoms with Gasteiger partial charge in [0.15, 0.2) is 6.20 Å². The average Bonchev–Trinajstić information content (AvgIpc) is 3.03. The third-order valence-electron chi connectivity index (χ3n) is 9.10. The lowest BCUT2D eigenvalue weighted by atomic mass is 9.94. The van der Waals surface area contributed by atoms with Crippen molar-refractivity contribution in [3.05, 3.63) is 30.1 Å². The highest BCUT2D eigenvalue weighted by Gasteiger charge is 2.42. The van der Waals surface area contributed by atoms with Gasteiger partial charge in [-0.3, -0.25) is 9.59 Å². The van der Waals surface area contributed by atoms with Crippen molar-refractivity contribution in [1.82, 2.24) is 15.1 Å². The summed E-state index contributed by atoms with van der Waals surface area (Å²) in [6.45, 7) is 8.44. The molecule has 11 heteroatoms. The van der Waals surface area contributed by atoms with E-state index in [0.29, 0.717) is 19.5 Å². The molecule has 1 fully saturated rings. The number of ether oxygens (including phenoxy) is 2. The van der Waals surface area contributed by atoms with Crippen molar-refractivity contribution >= 4 is 24.0 Å². The van der Waals surface area contributed by atoms with E-state index in [1.54, 1.807) is 4.90 Å². The van der Waals surface area contributed by atoms with Gasteiger partial charge >= 0.3 is 12.2 Å². The Morgan fingerprint density at radius 2 is 1.31 bits per heavy atom. The summed E-state index contributed by atoms with van der Waals surface area (Å²) in [5.74, 6) is -0.605. The molecule has 1 aliphatic rings. The molecule has 1 aromatic rings. The number of aryl methyl sites for hydroxylation is 1. The van der Waals surface area contributed by atoms with Gasteiger partial charge in [0.2, 0.25) is 17.5 Å². The Kier molecular flexibility index (Phi) is 23.4. The lowest BCUT2D eigenvalue weighted by Crippen LogP contribution is -3.00. The maximum atomic E-state index is 12.8. The normalized spacial score (nSPS) is 15.2. The average molecular weight is 695 g/mol. The van der Waals surface area contributed by atoms with Gasteiger partial charge in [0.25, 0.3) is 0 Å². The Balaban J connectivity index is 0.0000115. The summed E-state index contributed by atoms with van der Waals surface area (Å²) in [5.41, 5.74) is 0.807. The molecule has 0 bridgehead atoms. The molecule has 1 aromatic heterocycles. The number of alkyl carbamates (subject to hydrolysis) is 1. The highest BCUT2D eigenvalue weighted by atomic mass is 35.5. The van der Waals surface area contributed by atoms with Crippen LogP contribution in [0.5, 0.6) is 0 Å². The van der Waals surface area contributed by atoms with E-state index in [1.165, 1.54) is 104 Å². The van der Waals surface area contributed by atoms with Crippen molar-refractivity contribution in [3.8, 4) is 0 Å². The van der Waals surface area contributed by atoms with E-state index in [2.05, 4.69) is 12.2 Å². The third-order valence-corrected chi connectivity index (χ3v) is 9.10. The van der Waals surface area contributed by atoms with Gasteiger partial charge in [0.05, 0.1) is 12.1 Å². The number of amides is 4. The van der Waals surface area contributed by atoms with Gasteiger partial charge in [0, 0.05) is 32.5 Å². The maximum Gasteiger partial charge on any atom is 0.417 e. The highest BCUT2D eigenvalue weighted by molar-refractivity contribution is 5.90. The van der Waals surface area contributed by atoms with E-state index in [-0.39, 0.29) is 50.2 Å². The van der Waals surface area contributed by atoms with Crippen LogP contribution in [0, 0.1) is 0 Å². The fourth-order valence-electron chi connectivity index (χ4n) is 6.27. The summed E-state index contributed by atoms with van der Waals surface area (Å²) in [4.78, 5) is 52.2. The van der Waals surface area contributed by atoms with Crippen molar-refractivity contribution in [2.24, 2.45) is 0 Å². The summed E-state index contributed by atoms with van der Waals surface area (Å²) in [7, 11) is 0. The van der Waals surface area contributed by atoms with E-state index in [1.807, 2.05) is 35.9 Å². The van der Waals surface area contributed by atoms with Crippen LogP contribution in [0.15, 0.2) is 24.4 Å². The number of pyridine rings is 1. The smallest absolute Gasteiger partial charge is 0.417 e. The number of carbonyl (C=O) groups is 4. The second kappa shape index (κ2) is 26.0. The maximum absolute atomic E-state index is 12.8. The van der Waals surface area contributed by atoms with Gasteiger partial charge in [-0.15, -0.1) is 0 Å². The van der Waals surface area contributed by atoms with Crippen LogP contribution in [0.3, 0.4) is 0 Å². The number of hydrogen-bond acceptors (Lipinski definition) is 6. The lowest BCUT2D eigenvalue weighted by Gasteiger charge is -2.47. The molecule has 0 aliphatic carbocycles. The number of carbonyl (C=O) groups excluding carboxylic acids is 4. The molecule has 10 nitrogen and oxygen atoms in total. The minimum absolute atomic E-state index is 0. The zero-order valence-corrected chi connectivity index (χ0v) is 30.9. The van der Waals surface area contributed by atoms with Gasteiger partial charge in [-0.1, -0.05) is 109 Å². The highest BCUT2D eigenvalue weighted by Crippen LogP contribution is 2.27. The number of nitrogens with zero attached hydrogens (tertiary/aromatic N) is 3. The first-order valence-electron chi connectivity index (χ1n) is 18.4. The number of hydrogen-bond donors (Lipinski definition) is 1. The molecular formula is C37H63ClN4O6. The van der Waals surface area contributed by atoms with Gasteiger partial charge in [-0.05, 0) is 19.8 Å². The number of likely N-dealkylation sites (tertiary alicyclic amines) is 1. The molecule has 0 aromatic carbocycles. The van der Waals surface area contributed by atoms with Crippen LogP contribution < -0.4 is 22.3 Å². The van der Waals surface area contributed by atoms with Crippen LogP contribution in [0.1, 0.15) is 143 Å². The first-order chi connectivity index (χ1) is 22.8. The molecule has 2 heterocycles. The van der Waals surface area contributed by atoms with Gasteiger partial charge in [0.1, 0.15) is 26.3 Å². The zero-order chi connectivity index (χ0) is 34.3. The number of halogens is 1. The minimum atomic E-state index is -0.749. The van der Waals surface area contributed by atoms with Gasteiger partial charge in [-0.2, -0.15) is 0 Å². The van der Waals surface area contributed by atoms with Crippen molar-refractivity contribution in [2.75, 3.05) is 19.8 Å². The van der Waals surface area contributed by atoms with Crippen molar-refractivity contribution in [1.29, 1.82) is 0 Å². The lowest BCUT2D eigenvalue weighted by molar-refractivity contribution is -0.701. The second-order valence-electron chi connectivity index (χ2n) is 13.0. The van der Waals surface area contributed by atoms with Crippen LogP contribution in [-0.4, -0.2) is 65.6 Å². The summed E-state index contributed by atoms with van der Waals surface area (Å²) >= 11 is 0. The number of imide groups is 1. The fourth-order valence-corrected chi connectivity index (χ4v) is 6.27. The second-order valence-corrected chi connectivity index (χ2v) is 13.0. The molecule has 2 atom stereocenters. The number of unbranched alkanes of at least 4 members (excludes halogenated alkanes) is 15. The SMILES string of the molecule is CCCCCCCCCCCCCCCCCCNC(=O)OCC1CC(COC(=O)N(Cc2cccc[n+]2CC)C(C)=O)N1C(C)=O.[Cl-]. The minimum Gasteiger partial charge on any atom is -1.00 e. The number of aromatic nitrogens is 1. The Morgan fingerprint density at radius 1 is 0.792 bits per heavy atom. The zero-order valence-electron chi connectivity index (χ0n) is 30.2. The van der Waals surface area contributed by atoms with Gasteiger partial charge < -0.3 is 32.1 Å². The van der Waals surface area contributed by atoms with Crippen molar-refractivity contribution < 1.29 is 45.6 Å². The quantitative estimate of drug-likeness (QED) is 0.127. The molecule has 0 radical (unpaired) electrons. The number of nitrogens with one attached hydrogen (secondary N) is 1. The molecular weight excluding hydrogens is 632 g/mol. The summed E-state index contributed by atoms with van der Waals surface area (Å²) < 4.78 is 12.8. The Morgan fingerprint density at radius 3 is 1.81 bits per heavy atom. The Hall–Kier alpha value is -2.88. The molecule has 0 saturated carbocycles. The largest absolute Gasteiger partial charge is 1.00 e. The predicted octanol–water partition coefficient (Wildman–Crippen LogP) is 4.46. The standard InChI is InChI=1S/C37H62N4O6.ClH/c1-5-7-8-9-10-11-12-13-14-15-16-17-18-19-20-22-25-38-36(44)46-29-34-27-35(41(34)32(4)43)30-47-37(45)40(31(3)42)28-33-24-21-23-26-39(33)6-2;/h21,23-24,26,34-35H,5-20,22,25,27-30H2,1-4H3;1H. The predicted molar refractivity (Wildman–Crippen MR) is 183 cm³/mol. The monoisotopic (exact) mass is 694 g/mol. The van der Waals surface area contributed by atoms with E-state index in [0.717, 1.165) is 23.4 Å². The van der Waals surface area contributed by atoms with E-state index >= 15 is 0 Å². The van der Waals surface area contributed by atoms with E-state index < -0.39 is 18.1 Å². The molecule has 2 unspecified atom stereocenters. The molecule has 48 heavy (non-hydrogen) atoms. The van der Waals surface area contributed by atoms with Crippen LogP contribution in [-0.2, 0) is 32.2 Å².